The molecule has 184 valence electrons. The molecule has 1 N–H and O–H groups in total. The average Bonchev–Trinajstić information content (AvgIpc) is 2.82. The van der Waals surface area contributed by atoms with Crippen LogP contribution >= 0.6 is 0 Å². The van der Waals surface area contributed by atoms with E-state index in [1.807, 2.05) is 30.3 Å². The van der Waals surface area contributed by atoms with Crippen LogP contribution in [-0.4, -0.2) is 48.8 Å². The summed E-state index contributed by atoms with van der Waals surface area (Å²) in [5.41, 5.74) is 1.29. The fourth-order valence-electron chi connectivity index (χ4n) is 3.46. The molecular formula is C25H21F3O7. The Morgan fingerprint density at radius 2 is 1.89 bits per heavy atom. The first-order chi connectivity index (χ1) is 16.5. The van der Waals surface area contributed by atoms with Crippen molar-refractivity contribution in [2.75, 3.05) is 13.2 Å². The zero-order chi connectivity index (χ0) is 25.8. The van der Waals surface area contributed by atoms with Gasteiger partial charge in [0.05, 0.1) is 23.3 Å². The summed E-state index contributed by atoms with van der Waals surface area (Å²) in [5.74, 6) is -1.46. The van der Waals surface area contributed by atoms with E-state index in [1.165, 1.54) is 12.1 Å². The molecule has 0 saturated carbocycles. The van der Waals surface area contributed by atoms with E-state index >= 15 is 0 Å². The molecule has 2 heterocycles. The Hall–Kier alpha value is -4.08. The normalized spacial score (nSPS) is 16.0. The Kier molecular flexibility index (Phi) is 7.63. The molecule has 0 aliphatic carbocycles. The molecule has 10 heteroatoms. The number of aldehydes is 1. The third kappa shape index (κ3) is 5.89. The zero-order valence-electron chi connectivity index (χ0n) is 18.7. The number of aryl methyl sites for hydroxylation is 1. The summed E-state index contributed by atoms with van der Waals surface area (Å²) >= 11 is 0. The Balaban J connectivity index is 0.000000203. The summed E-state index contributed by atoms with van der Waals surface area (Å²) in [7, 11) is 0. The lowest BCUT2D eigenvalue weighted by Crippen LogP contribution is -2.40. The van der Waals surface area contributed by atoms with Gasteiger partial charge >= 0.3 is 18.1 Å². The number of carbonyl (C=O) groups is 3. The molecule has 0 saturated heterocycles. The number of carboxylic acid groups (broad SMARTS) is 1. The van der Waals surface area contributed by atoms with Gasteiger partial charge in [0.1, 0.15) is 18.1 Å². The fraction of sp³-hybridized carbons (Fsp3) is 0.240. The molecule has 0 bridgehead atoms. The molecule has 1 unspecified atom stereocenters. The number of rotatable bonds is 4. The average molecular weight is 490 g/mol. The molecule has 0 radical (unpaired) electrons. The molecule has 0 fully saturated rings. The summed E-state index contributed by atoms with van der Waals surface area (Å²) < 4.78 is 53.6. The number of carbonyl (C=O) groups excluding carboxylic acids is 2. The van der Waals surface area contributed by atoms with Crippen molar-refractivity contribution in [3.8, 4) is 11.5 Å². The van der Waals surface area contributed by atoms with Crippen LogP contribution in [0.25, 0.3) is 12.2 Å². The van der Waals surface area contributed by atoms with Gasteiger partial charge in [-0.1, -0.05) is 18.2 Å². The van der Waals surface area contributed by atoms with E-state index in [9.17, 15) is 27.6 Å². The van der Waals surface area contributed by atoms with E-state index in [1.54, 1.807) is 13.8 Å². The molecular weight excluding hydrogens is 469 g/mol. The van der Waals surface area contributed by atoms with Crippen molar-refractivity contribution >= 4 is 30.4 Å². The number of ether oxygens (including phenoxy) is 3. The standard InChI is InChI=1S/C13H9F3O4.C12H12O3/c1-6-2-7-4-9(12(18)19)11(13(14,15)16)20-10(7)8(3-6)5-17;1-2-14-12(13)10-7-9-5-3-4-6-11(9)15-8-10/h2-5,11H,1H3,(H,18,19);3-7H,2,8H2,1H3. The number of para-hydroxylation sites is 1. The first-order valence-corrected chi connectivity index (χ1v) is 10.4. The van der Waals surface area contributed by atoms with Gasteiger partial charge in [0.2, 0.25) is 6.10 Å². The molecule has 0 aromatic heterocycles. The molecule has 2 aliphatic rings. The summed E-state index contributed by atoms with van der Waals surface area (Å²) in [6.45, 7) is 4.10. The minimum absolute atomic E-state index is 0.0464. The van der Waals surface area contributed by atoms with E-state index in [4.69, 9.17) is 19.3 Å². The Bertz CT molecular complexity index is 1210. The van der Waals surface area contributed by atoms with Gasteiger partial charge in [-0.25, -0.2) is 9.59 Å². The molecule has 35 heavy (non-hydrogen) atoms. The number of hydrogen-bond donors (Lipinski definition) is 1. The number of hydrogen-bond acceptors (Lipinski definition) is 6. The third-order valence-electron chi connectivity index (χ3n) is 4.96. The number of fused-ring (bicyclic) bond motifs is 2. The van der Waals surface area contributed by atoms with Gasteiger partial charge in [-0.05, 0) is 49.8 Å². The van der Waals surface area contributed by atoms with E-state index in [0.717, 1.165) is 17.4 Å². The van der Waals surface area contributed by atoms with Crippen molar-refractivity contribution in [1.82, 2.24) is 0 Å². The van der Waals surface area contributed by atoms with Crippen molar-refractivity contribution in [2.45, 2.75) is 26.1 Å². The number of halogens is 3. The van der Waals surface area contributed by atoms with Crippen LogP contribution in [0.3, 0.4) is 0 Å². The molecule has 7 nitrogen and oxygen atoms in total. The van der Waals surface area contributed by atoms with Crippen LogP contribution in [-0.2, 0) is 14.3 Å². The van der Waals surface area contributed by atoms with Crippen LogP contribution in [0.4, 0.5) is 13.2 Å². The van der Waals surface area contributed by atoms with Gasteiger partial charge in [0.25, 0.3) is 0 Å². The lowest BCUT2D eigenvalue weighted by molar-refractivity contribution is -0.187. The van der Waals surface area contributed by atoms with Crippen LogP contribution in [0.1, 0.15) is 34.0 Å². The highest BCUT2D eigenvalue weighted by atomic mass is 19.4. The second-order valence-corrected chi connectivity index (χ2v) is 7.55. The maximum atomic E-state index is 12.8. The Morgan fingerprint density at radius 3 is 2.51 bits per heavy atom. The predicted molar refractivity (Wildman–Crippen MR) is 119 cm³/mol. The highest BCUT2D eigenvalue weighted by Gasteiger charge is 2.48. The van der Waals surface area contributed by atoms with Crippen molar-refractivity contribution in [3.05, 3.63) is 69.8 Å². The second-order valence-electron chi connectivity index (χ2n) is 7.55. The van der Waals surface area contributed by atoms with E-state index < -0.39 is 23.8 Å². The van der Waals surface area contributed by atoms with Gasteiger partial charge in [-0.3, -0.25) is 4.79 Å². The number of esters is 1. The van der Waals surface area contributed by atoms with Crippen LogP contribution in [0.2, 0.25) is 0 Å². The van der Waals surface area contributed by atoms with Crippen LogP contribution in [0.15, 0.2) is 47.5 Å². The molecule has 4 rings (SSSR count). The SMILES string of the molecule is CCOC(=O)C1=Cc2ccccc2OC1.Cc1cc(C=O)c2c(c1)C=C(C(=O)O)C(C(F)(F)F)O2. The minimum atomic E-state index is -4.88. The van der Waals surface area contributed by atoms with E-state index in [0.29, 0.717) is 24.0 Å². The zero-order valence-corrected chi connectivity index (χ0v) is 18.7. The maximum Gasteiger partial charge on any atom is 0.430 e. The maximum absolute atomic E-state index is 12.8. The summed E-state index contributed by atoms with van der Waals surface area (Å²) in [6, 6.07) is 10.4. The van der Waals surface area contributed by atoms with Crippen molar-refractivity contribution in [1.29, 1.82) is 0 Å². The van der Waals surface area contributed by atoms with Crippen LogP contribution in [0, 0.1) is 6.92 Å². The molecule has 0 amide bonds. The number of aliphatic carboxylic acids is 1. The molecule has 1 atom stereocenters. The van der Waals surface area contributed by atoms with Crippen LogP contribution < -0.4 is 9.47 Å². The van der Waals surface area contributed by atoms with Gasteiger partial charge in [0, 0.05) is 11.1 Å². The topological polar surface area (TPSA) is 99.1 Å². The Morgan fingerprint density at radius 1 is 1.17 bits per heavy atom. The third-order valence-corrected chi connectivity index (χ3v) is 4.96. The molecule has 0 spiro atoms. The van der Waals surface area contributed by atoms with Crippen molar-refractivity contribution in [2.24, 2.45) is 0 Å². The van der Waals surface area contributed by atoms with E-state index in [2.05, 4.69) is 0 Å². The Labute approximate surface area is 198 Å². The highest BCUT2D eigenvalue weighted by molar-refractivity contribution is 5.96. The lowest BCUT2D eigenvalue weighted by Gasteiger charge is -2.28. The minimum Gasteiger partial charge on any atom is -0.488 e. The molecule has 2 aromatic rings. The van der Waals surface area contributed by atoms with Gasteiger partial charge in [-0.15, -0.1) is 0 Å². The first kappa shape index (κ1) is 25.5. The summed E-state index contributed by atoms with van der Waals surface area (Å²) in [4.78, 5) is 33.3. The van der Waals surface area contributed by atoms with Crippen molar-refractivity contribution in [3.63, 3.8) is 0 Å². The summed E-state index contributed by atoms with van der Waals surface area (Å²) in [6.07, 6.45) is -4.39. The number of carboxylic acids is 1. The van der Waals surface area contributed by atoms with Crippen LogP contribution in [0.5, 0.6) is 11.5 Å². The van der Waals surface area contributed by atoms with Gasteiger partial charge in [0.15, 0.2) is 6.29 Å². The first-order valence-electron chi connectivity index (χ1n) is 10.4. The van der Waals surface area contributed by atoms with Gasteiger partial charge < -0.3 is 19.3 Å². The number of alkyl halides is 3. The van der Waals surface area contributed by atoms with Gasteiger partial charge in [-0.2, -0.15) is 13.2 Å². The monoisotopic (exact) mass is 490 g/mol. The fourth-order valence-corrected chi connectivity index (χ4v) is 3.46. The number of benzene rings is 2. The lowest BCUT2D eigenvalue weighted by atomic mass is 9.97. The van der Waals surface area contributed by atoms with E-state index in [-0.39, 0.29) is 29.5 Å². The summed E-state index contributed by atoms with van der Waals surface area (Å²) in [5, 5.41) is 8.88. The highest BCUT2D eigenvalue weighted by Crippen LogP contribution is 2.39. The quantitative estimate of drug-likeness (QED) is 0.493. The smallest absolute Gasteiger partial charge is 0.430 e. The van der Waals surface area contributed by atoms with Crippen molar-refractivity contribution < 1.29 is 46.9 Å². The molecule has 2 aromatic carbocycles. The predicted octanol–water partition coefficient (Wildman–Crippen LogP) is 4.62. The second kappa shape index (κ2) is 10.5. The molecule has 2 aliphatic heterocycles. The largest absolute Gasteiger partial charge is 0.488 e.